The summed E-state index contributed by atoms with van der Waals surface area (Å²) in [6.07, 6.45) is 0.812. The Morgan fingerprint density at radius 3 is 2.54 bits per heavy atom. The Hall–Kier alpha value is -2.87. The fourth-order valence-electron chi connectivity index (χ4n) is 3.89. The van der Waals surface area contributed by atoms with E-state index in [1.165, 1.54) is 12.1 Å². The summed E-state index contributed by atoms with van der Waals surface area (Å²) in [5.74, 6) is -0.250. The largest absolute Gasteiger partial charge is 0.378 e. The average molecular weight is 351 g/mol. The topological polar surface area (TPSA) is 36.7 Å². The monoisotopic (exact) mass is 351 g/mol. The zero-order valence-electron chi connectivity index (χ0n) is 15.2. The maximum atomic E-state index is 14.0. The lowest BCUT2D eigenvalue weighted by Crippen LogP contribution is -2.49. The fraction of sp³-hybridized carbons (Fsp3) is 0.333. The standard InChI is InChI=1S/C21H22FN3O/c1-5-19-13(2)21(24-17-9-7-16(23-4)8-10-17)18-12-15(22)6-11-20(18)25(19)14(3)26/h6-13,19,21,24H,5H2,1-3H3/t13-,19-,21?/m0/s1. The minimum Gasteiger partial charge on any atom is -0.378 e. The summed E-state index contributed by atoms with van der Waals surface area (Å²) in [6, 6.07) is 11.7. The van der Waals surface area contributed by atoms with Gasteiger partial charge in [-0.3, -0.25) is 4.79 Å². The summed E-state index contributed by atoms with van der Waals surface area (Å²) in [7, 11) is 0. The summed E-state index contributed by atoms with van der Waals surface area (Å²) in [4.78, 5) is 17.5. The van der Waals surface area contributed by atoms with Crippen LogP contribution in [-0.2, 0) is 4.79 Å². The second kappa shape index (κ2) is 7.17. The number of hydrogen-bond donors (Lipinski definition) is 1. The number of amides is 1. The zero-order chi connectivity index (χ0) is 18.8. The molecule has 0 spiro atoms. The molecule has 0 radical (unpaired) electrons. The molecule has 1 N–H and O–H groups in total. The van der Waals surface area contributed by atoms with Crippen molar-refractivity contribution in [2.45, 2.75) is 39.3 Å². The maximum Gasteiger partial charge on any atom is 0.224 e. The van der Waals surface area contributed by atoms with Crippen LogP contribution in [0.5, 0.6) is 0 Å². The number of carbonyl (C=O) groups excluding carboxylic acids is 1. The molecule has 0 aliphatic carbocycles. The minimum absolute atomic E-state index is 0.0311. The van der Waals surface area contributed by atoms with Gasteiger partial charge in [-0.25, -0.2) is 9.24 Å². The molecular formula is C21H22FN3O. The molecule has 3 rings (SSSR count). The lowest BCUT2D eigenvalue weighted by atomic mass is 9.81. The van der Waals surface area contributed by atoms with E-state index in [0.29, 0.717) is 5.69 Å². The maximum absolute atomic E-state index is 14.0. The van der Waals surface area contributed by atoms with Crippen LogP contribution in [0.15, 0.2) is 42.5 Å². The van der Waals surface area contributed by atoms with Crippen LogP contribution in [0.2, 0.25) is 0 Å². The number of hydrogen-bond acceptors (Lipinski definition) is 2. The van der Waals surface area contributed by atoms with Gasteiger partial charge in [-0.2, -0.15) is 0 Å². The molecule has 1 unspecified atom stereocenters. The van der Waals surface area contributed by atoms with Gasteiger partial charge in [-0.05, 0) is 36.8 Å². The Morgan fingerprint density at radius 1 is 1.27 bits per heavy atom. The predicted octanol–water partition coefficient (Wildman–Crippen LogP) is 5.31. The molecule has 2 aromatic rings. The van der Waals surface area contributed by atoms with Gasteiger partial charge in [-0.1, -0.05) is 26.0 Å². The minimum atomic E-state index is -0.315. The highest BCUT2D eigenvalue weighted by atomic mass is 19.1. The highest BCUT2D eigenvalue weighted by Crippen LogP contribution is 2.43. The zero-order valence-corrected chi connectivity index (χ0v) is 15.2. The molecule has 1 amide bonds. The molecule has 26 heavy (non-hydrogen) atoms. The van der Waals surface area contributed by atoms with Crippen LogP contribution in [-0.4, -0.2) is 11.9 Å². The van der Waals surface area contributed by atoms with Crippen molar-refractivity contribution in [2.24, 2.45) is 5.92 Å². The summed E-state index contributed by atoms with van der Waals surface area (Å²) in [5, 5.41) is 3.48. The third-order valence-electron chi connectivity index (χ3n) is 5.12. The second-order valence-electron chi connectivity index (χ2n) is 6.71. The van der Waals surface area contributed by atoms with Crippen LogP contribution >= 0.6 is 0 Å². The van der Waals surface area contributed by atoms with E-state index in [0.717, 1.165) is 23.4 Å². The molecule has 5 heteroatoms. The number of halogens is 1. The molecule has 0 aromatic heterocycles. The van der Waals surface area contributed by atoms with E-state index < -0.39 is 0 Å². The number of anilines is 2. The van der Waals surface area contributed by atoms with Crippen molar-refractivity contribution in [3.8, 4) is 0 Å². The smallest absolute Gasteiger partial charge is 0.224 e. The average Bonchev–Trinajstić information content (AvgIpc) is 2.63. The Kier molecular flexibility index (Phi) is 4.94. The molecule has 4 nitrogen and oxygen atoms in total. The van der Waals surface area contributed by atoms with Gasteiger partial charge in [0.1, 0.15) is 5.82 Å². The van der Waals surface area contributed by atoms with Crippen molar-refractivity contribution >= 4 is 23.0 Å². The first-order valence-corrected chi connectivity index (χ1v) is 8.79. The molecule has 2 aromatic carbocycles. The normalized spacial score (nSPS) is 21.7. The van der Waals surface area contributed by atoms with Gasteiger partial charge in [0.05, 0.1) is 12.6 Å². The molecule has 0 saturated carbocycles. The SMILES string of the molecule is [C-]#[N+]c1ccc(NC2c3cc(F)ccc3N(C(C)=O)[C@@H](CC)[C@@H]2C)cc1. The molecule has 0 fully saturated rings. The predicted molar refractivity (Wildman–Crippen MR) is 102 cm³/mol. The Morgan fingerprint density at radius 2 is 1.96 bits per heavy atom. The Bertz CT molecular complexity index is 857. The number of nitrogens with one attached hydrogen (secondary N) is 1. The molecule has 0 bridgehead atoms. The van der Waals surface area contributed by atoms with Crippen molar-refractivity contribution in [1.82, 2.24) is 0 Å². The highest BCUT2D eigenvalue weighted by molar-refractivity contribution is 5.94. The number of benzene rings is 2. The van der Waals surface area contributed by atoms with Crippen LogP contribution in [0.1, 0.15) is 38.8 Å². The van der Waals surface area contributed by atoms with Crippen molar-refractivity contribution in [1.29, 1.82) is 0 Å². The van der Waals surface area contributed by atoms with Crippen LogP contribution in [0.4, 0.5) is 21.5 Å². The molecule has 134 valence electrons. The van der Waals surface area contributed by atoms with Gasteiger partial charge in [0.25, 0.3) is 0 Å². The highest BCUT2D eigenvalue weighted by Gasteiger charge is 2.39. The van der Waals surface area contributed by atoms with Gasteiger partial charge >= 0.3 is 0 Å². The molecule has 1 heterocycles. The molecular weight excluding hydrogens is 329 g/mol. The molecule has 1 aliphatic heterocycles. The number of carbonyl (C=O) groups is 1. The first-order chi connectivity index (χ1) is 12.5. The van der Waals surface area contributed by atoms with E-state index in [1.54, 1.807) is 30.0 Å². The van der Waals surface area contributed by atoms with Crippen molar-refractivity contribution in [3.63, 3.8) is 0 Å². The number of rotatable bonds is 3. The van der Waals surface area contributed by atoms with Crippen molar-refractivity contribution in [2.75, 3.05) is 10.2 Å². The summed E-state index contributed by atoms with van der Waals surface area (Å²) in [5.41, 5.74) is 2.99. The summed E-state index contributed by atoms with van der Waals surface area (Å²) >= 11 is 0. The van der Waals surface area contributed by atoms with Gasteiger partial charge in [0.15, 0.2) is 5.69 Å². The molecule has 1 aliphatic rings. The Labute approximate surface area is 153 Å². The Balaban J connectivity index is 2.05. The molecule has 0 saturated heterocycles. The van der Waals surface area contributed by atoms with E-state index in [1.807, 2.05) is 12.1 Å². The van der Waals surface area contributed by atoms with E-state index in [9.17, 15) is 9.18 Å². The number of nitrogens with zero attached hydrogens (tertiary/aromatic N) is 2. The van der Waals surface area contributed by atoms with Gasteiger partial charge in [-0.15, -0.1) is 0 Å². The second-order valence-corrected chi connectivity index (χ2v) is 6.71. The quantitative estimate of drug-likeness (QED) is 0.761. The van der Waals surface area contributed by atoms with Crippen LogP contribution in [0.25, 0.3) is 4.85 Å². The molecule has 3 atom stereocenters. The first kappa shape index (κ1) is 17.9. The van der Waals surface area contributed by atoms with E-state index in [4.69, 9.17) is 6.57 Å². The van der Waals surface area contributed by atoms with E-state index in [-0.39, 0.29) is 29.7 Å². The lowest BCUT2D eigenvalue weighted by molar-refractivity contribution is -0.117. The van der Waals surface area contributed by atoms with Crippen LogP contribution in [0, 0.1) is 18.3 Å². The summed E-state index contributed by atoms with van der Waals surface area (Å²) in [6.45, 7) is 12.8. The fourth-order valence-corrected chi connectivity index (χ4v) is 3.89. The van der Waals surface area contributed by atoms with Gasteiger partial charge < -0.3 is 10.2 Å². The van der Waals surface area contributed by atoms with Gasteiger partial charge in [0.2, 0.25) is 5.91 Å². The number of fused-ring (bicyclic) bond motifs is 1. The van der Waals surface area contributed by atoms with E-state index >= 15 is 0 Å². The first-order valence-electron chi connectivity index (χ1n) is 8.79. The van der Waals surface area contributed by atoms with Gasteiger partial charge in [0, 0.05) is 35.8 Å². The van der Waals surface area contributed by atoms with Crippen LogP contribution < -0.4 is 10.2 Å². The van der Waals surface area contributed by atoms with Crippen molar-refractivity contribution < 1.29 is 9.18 Å². The van der Waals surface area contributed by atoms with Crippen LogP contribution in [0.3, 0.4) is 0 Å². The van der Waals surface area contributed by atoms with Crippen molar-refractivity contribution in [3.05, 3.63) is 65.3 Å². The van der Waals surface area contributed by atoms with E-state index in [2.05, 4.69) is 24.0 Å². The summed E-state index contributed by atoms with van der Waals surface area (Å²) < 4.78 is 14.0. The third-order valence-corrected chi connectivity index (χ3v) is 5.12. The third kappa shape index (κ3) is 3.15. The lowest BCUT2D eigenvalue weighted by Gasteiger charge is -2.45.